The maximum absolute atomic E-state index is 11.0. The molecule has 0 saturated carbocycles. The number of benzene rings is 3. The van der Waals surface area contributed by atoms with Crippen LogP contribution in [0.4, 0.5) is 0 Å². The first-order valence-corrected chi connectivity index (χ1v) is 28.6. The average molecular weight is 1030 g/mol. The highest BCUT2D eigenvalue weighted by Crippen LogP contribution is 2.36. The summed E-state index contributed by atoms with van der Waals surface area (Å²) in [4.78, 5) is 0.464. The van der Waals surface area contributed by atoms with E-state index in [1.54, 1.807) is 33.7 Å². The van der Waals surface area contributed by atoms with Crippen LogP contribution in [-0.4, -0.2) is 119 Å². The Bertz CT molecular complexity index is 2540. The summed E-state index contributed by atoms with van der Waals surface area (Å²) < 4.78 is 70.7. The fourth-order valence-electron chi connectivity index (χ4n) is 5.17. The molecule has 0 aliphatic heterocycles. The van der Waals surface area contributed by atoms with E-state index >= 15 is 0 Å². The van der Waals surface area contributed by atoms with Gasteiger partial charge in [-0.25, -0.2) is 8.42 Å². The van der Waals surface area contributed by atoms with Gasteiger partial charge in [-0.1, -0.05) is 57.5 Å². The number of nitrogens with zero attached hydrogens (tertiary/aromatic N) is 5. The Morgan fingerprint density at radius 1 is 0.750 bits per heavy atom. The third-order valence-corrected chi connectivity index (χ3v) is 15.0. The summed E-state index contributed by atoms with van der Waals surface area (Å²) in [5, 5.41) is 28.0. The lowest BCUT2D eigenvalue weighted by atomic mass is 10.2. The zero-order chi connectivity index (χ0) is 48.5. The second-order valence-electron chi connectivity index (χ2n) is 16.7. The molecule has 2 N–H and O–H groups in total. The third-order valence-electron chi connectivity index (χ3n) is 9.68. The van der Waals surface area contributed by atoms with Crippen LogP contribution in [-0.2, 0) is 40.9 Å². The van der Waals surface area contributed by atoms with E-state index in [9.17, 15) is 16.8 Å². The number of nitrogens with one attached hydrogen (secondary N) is 1. The minimum Gasteiger partial charge on any atom is -0.497 e. The highest BCUT2D eigenvalue weighted by molar-refractivity contribution is 9.09. The van der Waals surface area contributed by atoms with Crippen molar-refractivity contribution in [2.45, 2.75) is 77.6 Å². The van der Waals surface area contributed by atoms with Gasteiger partial charge in [-0.3, -0.25) is 18.6 Å². The molecule has 0 saturated heterocycles. The second-order valence-corrected chi connectivity index (χ2v) is 27.8. The molecule has 3 heterocycles. The van der Waals surface area contributed by atoms with Gasteiger partial charge in [0.15, 0.2) is 8.32 Å². The number of methoxy groups -OCH3 is 3. The number of aliphatic hydroxyl groups excluding tert-OH is 1. The zero-order valence-electron chi connectivity index (χ0n) is 39.1. The Balaban J connectivity index is 0.000000290. The van der Waals surface area contributed by atoms with E-state index < -0.39 is 27.5 Å². The molecule has 21 heteroatoms. The van der Waals surface area contributed by atoms with Crippen molar-refractivity contribution in [2.75, 3.05) is 53.7 Å². The van der Waals surface area contributed by atoms with Gasteiger partial charge in [-0.2, -0.15) is 23.7 Å². The first-order chi connectivity index (χ1) is 29.7. The molecule has 16 nitrogen and oxygen atoms in total. The molecule has 0 radical (unpaired) electrons. The van der Waals surface area contributed by atoms with Crippen molar-refractivity contribution in [3.05, 3.63) is 73.2 Å². The Labute approximate surface area is 392 Å². The molecule has 3 atom stereocenters. The molecule has 3 aromatic heterocycles. The van der Waals surface area contributed by atoms with Gasteiger partial charge in [0.2, 0.25) is 9.05 Å². The van der Waals surface area contributed by atoms with E-state index in [0.29, 0.717) is 23.0 Å². The number of alkyl halides is 1. The molecular formula is C43H66BrClN6O10S2Si. The summed E-state index contributed by atoms with van der Waals surface area (Å²) in [5.41, 5.74) is 3.00. The topological polar surface area (TPSA) is 199 Å². The fraction of sp³-hybridized carbons (Fsp3) is 0.512. The summed E-state index contributed by atoms with van der Waals surface area (Å²) in [7, 11) is 1.33. The Kier molecular flexibility index (Phi) is 22.7. The molecule has 6 rings (SSSR count). The second kappa shape index (κ2) is 25.8. The van der Waals surface area contributed by atoms with Crippen molar-refractivity contribution in [3.8, 4) is 17.2 Å². The van der Waals surface area contributed by atoms with Crippen LogP contribution in [0.15, 0.2) is 73.2 Å². The van der Waals surface area contributed by atoms with E-state index in [4.69, 9.17) is 27.9 Å². The van der Waals surface area contributed by atoms with Gasteiger partial charge in [0.25, 0.3) is 10.1 Å². The van der Waals surface area contributed by atoms with E-state index in [-0.39, 0.29) is 25.0 Å². The summed E-state index contributed by atoms with van der Waals surface area (Å²) in [5.74, 6) is 2.67. The highest BCUT2D eigenvalue weighted by Gasteiger charge is 2.37. The van der Waals surface area contributed by atoms with Crippen LogP contribution in [0.3, 0.4) is 0 Å². The summed E-state index contributed by atoms with van der Waals surface area (Å²) in [6.07, 6.45) is 7.37. The van der Waals surface area contributed by atoms with Crippen molar-refractivity contribution < 1.29 is 44.8 Å². The lowest BCUT2D eigenvalue weighted by molar-refractivity contribution is 0.220. The molecule has 358 valence electrons. The third kappa shape index (κ3) is 20.6. The van der Waals surface area contributed by atoms with E-state index in [2.05, 4.69) is 87.8 Å². The van der Waals surface area contributed by atoms with Crippen molar-refractivity contribution in [3.63, 3.8) is 0 Å². The lowest BCUT2D eigenvalue weighted by Crippen LogP contribution is -2.41. The maximum Gasteiger partial charge on any atom is 0.264 e. The van der Waals surface area contributed by atoms with Crippen LogP contribution in [0.2, 0.25) is 18.1 Å². The van der Waals surface area contributed by atoms with E-state index in [1.807, 2.05) is 84.0 Å². The molecule has 0 unspecified atom stereocenters. The molecular weight excluding hydrogens is 968 g/mol. The molecule has 6 aromatic rings. The number of rotatable bonds is 14. The zero-order valence-corrected chi connectivity index (χ0v) is 44.1. The number of aliphatic hydroxyl groups is 1. The Hall–Kier alpha value is -3.76. The Morgan fingerprint density at radius 3 is 1.59 bits per heavy atom. The van der Waals surface area contributed by atoms with Crippen LogP contribution in [0.1, 0.15) is 41.5 Å². The number of aromatic amines is 1. The van der Waals surface area contributed by atoms with Crippen LogP contribution >= 0.6 is 26.6 Å². The smallest absolute Gasteiger partial charge is 0.264 e. The average Bonchev–Trinajstić information content (AvgIpc) is 3.96. The van der Waals surface area contributed by atoms with Gasteiger partial charge in [-0.05, 0) is 60.4 Å². The molecule has 0 spiro atoms. The number of hydrogen-bond acceptors (Lipinski definition) is 13. The normalized spacial score (nSPS) is 13.2. The fourth-order valence-corrected chi connectivity index (χ4v) is 7.12. The van der Waals surface area contributed by atoms with Gasteiger partial charge < -0.3 is 23.7 Å². The predicted molar refractivity (Wildman–Crippen MR) is 264 cm³/mol. The molecule has 64 heavy (non-hydrogen) atoms. The highest BCUT2D eigenvalue weighted by atomic mass is 79.9. The van der Waals surface area contributed by atoms with Crippen molar-refractivity contribution in [1.82, 2.24) is 29.8 Å². The van der Waals surface area contributed by atoms with Gasteiger partial charge in [-0.15, -0.1) is 0 Å². The van der Waals surface area contributed by atoms with E-state index in [0.717, 1.165) is 69.1 Å². The Morgan fingerprint density at radius 2 is 1.19 bits per heavy atom. The summed E-state index contributed by atoms with van der Waals surface area (Å²) >= 11 is 3.49. The first-order valence-electron chi connectivity index (χ1n) is 20.3. The van der Waals surface area contributed by atoms with Crippen molar-refractivity contribution >= 4 is 86.8 Å². The van der Waals surface area contributed by atoms with Crippen molar-refractivity contribution in [2.24, 2.45) is 11.8 Å². The van der Waals surface area contributed by atoms with Crippen LogP contribution < -0.4 is 14.2 Å². The monoisotopic (exact) mass is 1030 g/mol. The quantitative estimate of drug-likeness (QED) is 0.0454. The molecule has 0 amide bonds. The number of hydrogen-bond donors (Lipinski definition) is 2. The maximum atomic E-state index is 11.0. The summed E-state index contributed by atoms with van der Waals surface area (Å²) in [6.45, 7) is 19.8. The van der Waals surface area contributed by atoms with Crippen LogP contribution in [0.25, 0.3) is 32.7 Å². The summed E-state index contributed by atoms with van der Waals surface area (Å²) in [6, 6.07) is 17.4. The van der Waals surface area contributed by atoms with Crippen LogP contribution in [0, 0.1) is 11.8 Å². The molecule has 0 bridgehead atoms. The van der Waals surface area contributed by atoms with Gasteiger partial charge in [0.1, 0.15) is 17.2 Å². The first kappa shape index (κ1) is 56.4. The number of ether oxygens (including phenoxy) is 3. The van der Waals surface area contributed by atoms with Gasteiger partial charge in [0.05, 0.1) is 75.6 Å². The van der Waals surface area contributed by atoms with Gasteiger partial charge in [0, 0.05) is 82.1 Å². The minimum absolute atomic E-state index is 0.0269. The molecule has 0 aliphatic rings. The SMILES string of the molecule is COc1ccc2cn[nH]c2c1.COc1ccc2cnn(C[C@H](C)CO)c2c1.COc1ccc2cnn(C[C@H](C)COS(C)(=O)=O)c2c1.CS(=O)(=O)Cl.C[C@H](Br)CO[Si](C)(C)C(C)(C)C. The predicted octanol–water partition coefficient (Wildman–Crippen LogP) is 8.88. The standard InChI is InChI=1S/C13H18N2O4S.C12H16N2O2.C9H21BrOSi.C8H8N2O.CH3ClO2S/c1-10(9-19-20(3,16)17)8-15-13-6-12(18-2)5-4-11(13)7-14-15;1-9(8-15)7-14-12-5-11(16-2)4-3-10(12)6-13-14;1-8(10)7-11-12(5,6)9(2,3)4;1-11-7-3-2-6-5-9-10-8(6)4-7;1-5(2,3)4/h4-7,10H,8-9H2,1-3H3;3-6,9,15H,7-8H2,1-2H3;8H,7H2,1-6H3;2-5H,1H3,(H,9,10);1H3/t10-;9-;8-;;/m000../s1. The lowest BCUT2D eigenvalue weighted by Gasteiger charge is -2.36. The van der Waals surface area contributed by atoms with Crippen molar-refractivity contribution in [1.29, 1.82) is 0 Å². The molecule has 0 fully saturated rings. The number of aromatic nitrogens is 6. The largest absolute Gasteiger partial charge is 0.497 e. The van der Waals surface area contributed by atoms with Gasteiger partial charge >= 0.3 is 0 Å². The molecule has 0 aliphatic carbocycles. The minimum atomic E-state index is -3.40. The van der Waals surface area contributed by atoms with E-state index in [1.165, 1.54) is 0 Å². The molecule has 3 aromatic carbocycles. The number of halogens is 2. The van der Waals surface area contributed by atoms with Crippen LogP contribution in [0.5, 0.6) is 17.2 Å². The number of fused-ring (bicyclic) bond motifs is 3. The number of H-pyrrole nitrogens is 1.